The molecule has 4 heteroatoms. The van der Waals surface area contributed by atoms with Crippen LogP contribution in [0.1, 0.15) is 22.9 Å². The number of rotatable bonds is 1. The minimum Gasteiger partial charge on any atom is -0.446 e. The van der Waals surface area contributed by atoms with Crippen LogP contribution in [-0.2, 0) is 6.54 Å². The van der Waals surface area contributed by atoms with E-state index in [1.807, 2.05) is 0 Å². The van der Waals surface area contributed by atoms with E-state index >= 15 is 0 Å². The summed E-state index contributed by atoms with van der Waals surface area (Å²) in [5.74, 6) is 0.867. The van der Waals surface area contributed by atoms with Gasteiger partial charge in [-0.3, -0.25) is 5.32 Å². The highest BCUT2D eigenvalue weighted by molar-refractivity contribution is 9.10. The first kappa shape index (κ1) is 9.12. The molecule has 0 saturated carbocycles. The summed E-state index contributed by atoms with van der Waals surface area (Å²) in [5.41, 5.74) is 2.58. The third-order valence-electron chi connectivity index (χ3n) is 2.65. The van der Waals surface area contributed by atoms with Crippen molar-refractivity contribution in [3.8, 4) is 0 Å². The summed E-state index contributed by atoms with van der Waals surface area (Å²) >= 11 is 3.48. The smallest absolute Gasteiger partial charge is 0.180 e. The Hall–Kier alpha value is -1.13. The standard InChI is InChI=1S/C11H9BrN2O/c12-8-2-1-7-4-14-11(9(7)3-8)10-5-13-6-15-10/h1-3,5-6,11,14H,4H2. The van der Waals surface area contributed by atoms with E-state index in [-0.39, 0.29) is 6.04 Å². The Morgan fingerprint density at radius 3 is 3.20 bits per heavy atom. The number of benzene rings is 1. The van der Waals surface area contributed by atoms with Gasteiger partial charge in [-0.2, -0.15) is 0 Å². The molecule has 1 unspecified atom stereocenters. The quantitative estimate of drug-likeness (QED) is 0.861. The predicted octanol–water partition coefficient (Wildman–Crippen LogP) is 2.63. The van der Waals surface area contributed by atoms with E-state index in [0.717, 1.165) is 16.8 Å². The molecule has 0 saturated heterocycles. The number of nitrogens with one attached hydrogen (secondary N) is 1. The van der Waals surface area contributed by atoms with Gasteiger partial charge < -0.3 is 4.42 Å². The maximum absolute atomic E-state index is 5.33. The van der Waals surface area contributed by atoms with E-state index in [1.54, 1.807) is 6.20 Å². The van der Waals surface area contributed by atoms with E-state index in [4.69, 9.17) is 4.42 Å². The monoisotopic (exact) mass is 264 g/mol. The number of hydrogen-bond donors (Lipinski definition) is 1. The third-order valence-corrected chi connectivity index (χ3v) is 3.14. The Labute approximate surface area is 95.6 Å². The highest BCUT2D eigenvalue weighted by atomic mass is 79.9. The van der Waals surface area contributed by atoms with Gasteiger partial charge in [-0.05, 0) is 23.3 Å². The maximum atomic E-state index is 5.33. The van der Waals surface area contributed by atoms with Crippen LogP contribution in [0.4, 0.5) is 0 Å². The number of hydrogen-bond acceptors (Lipinski definition) is 3. The second-order valence-corrected chi connectivity index (χ2v) is 4.48. The van der Waals surface area contributed by atoms with Crippen LogP contribution in [0.3, 0.4) is 0 Å². The SMILES string of the molecule is Brc1ccc2c(c1)C(c1cnco1)NC2. The van der Waals surface area contributed by atoms with E-state index < -0.39 is 0 Å². The number of nitrogens with zero attached hydrogens (tertiary/aromatic N) is 1. The van der Waals surface area contributed by atoms with E-state index in [0.29, 0.717) is 0 Å². The average molecular weight is 265 g/mol. The van der Waals surface area contributed by atoms with Gasteiger partial charge in [0.05, 0.1) is 12.2 Å². The van der Waals surface area contributed by atoms with Crippen molar-refractivity contribution in [1.82, 2.24) is 10.3 Å². The average Bonchev–Trinajstić information content (AvgIpc) is 2.83. The zero-order valence-electron chi connectivity index (χ0n) is 7.90. The van der Waals surface area contributed by atoms with Crippen molar-refractivity contribution in [2.45, 2.75) is 12.6 Å². The fraction of sp³-hybridized carbons (Fsp3) is 0.182. The summed E-state index contributed by atoms with van der Waals surface area (Å²) in [5, 5.41) is 3.40. The molecule has 1 aliphatic rings. The molecule has 1 aromatic heterocycles. The van der Waals surface area contributed by atoms with Crippen molar-refractivity contribution in [2.75, 3.05) is 0 Å². The fourth-order valence-corrected chi connectivity index (χ4v) is 2.32. The minimum atomic E-state index is 0.139. The van der Waals surface area contributed by atoms with Gasteiger partial charge in [0, 0.05) is 11.0 Å². The van der Waals surface area contributed by atoms with E-state index in [2.05, 4.69) is 44.4 Å². The lowest BCUT2D eigenvalue weighted by Crippen LogP contribution is -2.12. The second-order valence-electron chi connectivity index (χ2n) is 3.56. The lowest BCUT2D eigenvalue weighted by Gasteiger charge is -2.08. The molecule has 3 nitrogen and oxygen atoms in total. The molecule has 0 aliphatic carbocycles. The van der Waals surface area contributed by atoms with Crippen LogP contribution in [0.2, 0.25) is 0 Å². The van der Waals surface area contributed by atoms with Crippen molar-refractivity contribution < 1.29 is 4.42 Å². The zero-order chi connectivity index (χ0) is 10.3. The van der Waals surface area contributed by atoms with Crippen molar-refractivity contribution in [1.29, 1.82) is 0 Å². The van der Waals surface area contributed by atoms with Crippen LogP contribution in [-0.4, -0.2) is 4.98 Å². The molecule has 3 rings (SSSR count). The molecule has 1 atom stereocenters. The first-order valence-corrected chi connectivity index (χ1v) is 5.54. The molecule has 0 fully saturated rings. The van der Waals surface area contributed by atoms with Crippen LogP contribution in [0, 0.1) is 0 Å². The highest BCUT2D eigenvalue weighted by Gasteiger charge is 2.25. The molecule has 0 amide bonds. The van der Waals surface area contributed by atoms with E-state index in [9.17, 15) is 0 Å². The summed E-state index contributed by atoms with van der Waals surface area (Å²) in [6.45, 7) is 0.883. The van der Waals surface area contributed by atoms with Crippen molar-refractivity contribution in [3.63, 3.8) is 0 Å². The lowest BCUT2D eigenvalue weighted by molar-refractivity contribution is 0.459. The second kappa shape index (κ2) is 3.47. The van der Waals surface area contributed by atoms with Crippen LogP contribution in [0.5, 0.6) is 0 Å². The van der Waals surface area contributed by atoms with Crippen molar-refractivity contribution >= 4 is 15.9 Å². The van der Waals surface area contributed by atoms with Gasteiger partial charge in [-0.1, -0.05) is 22.0 Å². The number of aromatic nitrogens is 1. The molecule has 2 aromatic rings. The van der Waals surface area contributed by atoms with Crippen LogP contribution in [0.15, 0.2) is 39.7 Å². The largest absolute Gasteiger partial charge is 0.446 e. The molecule has 1 N–H and O–H groups in total. The summed E-state index contributed by atoms with van der Waals surface area (Å²) in [6, 6.07) is 6.45. The molecule has 1 aliphatic heterocycles. The Morgan fingerprint density at radius 2 is 2.40 bits per heavy atom. The summed E-state index contributed by atoms with van der Waals surface area (Å²) < 4.78 is 6.42. The Bertz CT molecular complexity index is 481. The van der Waals surface area contributed by atoms with Gasteiger partial charge in [0.2, 0.25) is 0 Å². The summed E-state index contributed by atoms with van der Waals surface area (Å²) in [7, 11) is 0. The Morgan fingerprint density at radius 1 is 1.47 bits per heavy atom. The van der Waals surface area contributed by atoms with Gasteiger partial charge in [0.15, 0.2) is 6.39 Å². The molecule has 2 heterocycles. The molecule has 0 bridgehead atoms. The zero-order valence-corrected chi connectivity index (χ0v) is 9.49. The third kappa shape index (κ3) is 1.50. The molecule has 1 aromatic carbocycles. The van der Waals surface area contributed by atoms with Crippen LogP contribution < -0.4 is 5.32 Å². The first-order valence-electron chi connectivity index (χ1n) is 4.75. The fourth-order valence-electron chi connectivity index (χ4n) is 1.94. The first-order chi connectivity index (χ1) is 7.34. The molecule has 15 heavy (non-hydrogen) atoms. The maximum Gasteiger partial charge on any atom is 0.180 e. The Balaban J connectivity index is 2.08. The van der Waals surface area contributed by atoms with Crippen LogP contribution >= 0.6 is 15.9 Å². The highest BCUT2D eigenvalue weighted by Crippen LogP contribution is 2.32. The molecule has 76 valence electrons. The molecular weight excluding hydrogens is 256 g/mol. The van der Waals surface area contributed by atoms with Crippen LogP contribution in [0.25, 0.3) is 0 Å². The molecule has 0 spiro atoms. The van der Waals surface area contributed by atoms with Gasteiger partial charge in [0.1, 0.15) is 5.76 Å². The molecular formula is C11H9BrN2O. The number of oxazole rings is 1. The minimum absolute atomic E-state index is 0.139. The summed E-state index contributed by atoms with van der Waals surface area (Å²) in [6.07, 6.45) is 3.22. The van der Waals surface area contributed by atoms with Gasteiger partial charge >= 0.3 is 0 Å². The topological polar surface area (TPSA) is 38.1 Å². The normalized spacial score (nSPS) is 19.1. The van der Waals surface area contributed by atoms with Crippen molar-refractivity contribution in [2.24, 2.45) is 0 Å². The van der Waals surface area contributed by atoms with Gasteiger partial charge in [-0.25, -0.2) is 4.98 Å². The summed E-state index contributed by atoms with van der Waals surface area (Å²) in [4.78, 5) is 3.94. The van der Waals surface area contributed by atoms with Crippen molar-refractivity contribution in [3.05, 3.63) is 52.1 Å². The van der Waals surface area contributed by atoms with Gasteiger partial charge in [-0.15, -0.1) is 0 Å². The molecule has 0 radical (unpaired) electrons. The van der Waals surface area contributed by atoms with E-state index in [1.165, 1.54) is 17.5 Å². The number of fused-ring (bicyclic) bond motifs is 1. The number of halogens is 1. The Kier molecular flexibility index (Phi) is 2.11. The predicted molar refractivity (Wildman–Crippen MR) is 59.3 cm³/mol. The lowest BCUT2D eigenvalue weighted by atomic mass is 10.0. The van der Waals surface area contributed by atoms with Gasteiger partial charge in [0.25, 0.3) is 0 Å².